The molecule has 0 N–H and O–H groups in total. The molecule has 1 aromatic carbocycles. The second-order valence-corrected chi connectivity index (χ2v) is 11.9. The number of anilines is 1. The van der Waals surface area contributed by atoms with E-state index in [2.05, 4.69) is 9.97 Å². The van der Waals surface area contributed by atoms with Crippen LogP contribution in [0.25, 0.3) is 10.2 Å². The van der Waals surface area contributed by atoms with Crippen LogP contribution in [-0.4, -0.2) is 67.3 Å². The maximum atomic E-state index is 12.8. The molecule has 2 aromatic heterocycles. The summed E-state index contributed by atoms with van der Waals surface area (Å²) in [7, 11) is -3.11. The highest BCUT2D eigenvalue weighted by Crippen LogP contribution is 2.34. The van der Waals surface area contributed by atoms with Gasteiger partial charge in [0.25, 0.3) is 0 Å². The van der Waals surface area contributed by atoms with Gasteiger partial charge in [-0.3, -0.25) is 4.79 Å². The van der Waals surface area contributed by atoms with Gasteiger partial charge in [0.1, 0.15) is 17.0 Å². The Labute approximate surface area is 205 Å². The standard InChI is InChI=1S/C23H25F3N4O3S2/c1-2-35(32,33)14-17-5-3-16(4-6-17)11-20(31)29-7-9-30(10-8-29)21-19-12-18(13-23(24,25)26)34-22(19)28-15-27-21/h3-6,12,15H,2,7-11,13-14H2,1H3. The molecule has 1 fully saturated rings. The molecule has 35 heavy (non-hydrogen) atoms. The van der Waals surface area contributed by atoms with Crippen LogP contribution in [0.3, 0.4) is 0 Å². The van der Waals surface area contributed by atoms with E-state index in [1.807, 2.05) is 4.90 Å². The zero-order chi connectivity index (χ0) is 25.2. The summed E-state index contributed by atoms with van der Waals surface area (Å²) in [6.07, 6.45) is -3.71. The lowest BCUT2D eigenvalue weighted by atomic mass is 10.1. The van der Waals surface area contributed by atoms with Crippen LogP contribution in [0.2, 0.25) is 0 Å². The molecule has 0 bridgehead atoms. The fraction of sp³-hybridized carbons (Fsp3) is 0.435. The predicted molar refractivity (Wildman–Crippen MR) is 129 cm³/mol. The highest BCUT2D eigenvalue weighted by atomic mass is 32.2. The van der Waals surface area contributed by atoms with Crippen molar-refractivity contribution in [3.8, 4) is 0 Å². The average Bonchev–Trinajstić information content (AvgIpc) is 3.21. The first kappa shape index (κ1) is 25.4. The number of amides is 1. The van der Waals surface area contributed by atoms with Gasteiger partial charge in [0.15, 0.2) is 9.84 Å². The van der Waals surface area contributed by atoms with Crippen LogP contribution in [0, 0.1) is 0 Å². The Balaban J connectivity index is 1.36. The summed E-state index contributed by atoms with van der Waals surface area (Å²) in [4.78, 5) is 25.7. The number of thiophene rings is 1. The Morgan fingerprint density at radius 1 is 1.06 bits per heavy atom. The summed E-state index contributed by atoms with van der Waals surface area (Å²) in [5.74, 6) is 0.623. The minimum Gasteiger partial charge on any atom is -0.352 e. The molecule has 3 heterocycles. The summed E-state index contributed by atoms with van der Waals surface area (Å²) in [6.45, 7) is 3.57. The first-order valence-corrected chi connectivity index (χ1v) is 13.8. The van der Waals surface area contributed by atoms with Crippen LogP contribution >= 0.6 is 11.3 Å². The molecule has 7 nitrogen and oxygen atoms in total. The molecule has 1 aliphatic heterocycles. The molecule has 12 heteroatoms. The predicted octanol–water partition coefficient (Wildman–Crippen LogP) is 3.62. The van der Waals surface area contributed by atoms with Gasteiger partial charge >= 0.3 is 6.18 Å². The number of alkyl halides is 3. The van der Waals surface area contributed by atoms with Crippen molar-refractivity contribution in [3.63, 3.8) is 0 Å². The number of aromatic nitrogens is 2. The van der Waals surface area contributed by atoms with Crippen molar-refractivity contribution >= 4 is 43.1 Å². The van der Waals surface area contributed by atoms with Crippen molar-refractivity contribution in [1.29, 1.82) is 0 Å². The lowest BCUT2D eigenvalue weighted by Crippen LogP contribution is -2.49. The zero-order valence-electron chi connectivity index (χ0n) is 19.1. The molecule has 1 aliphatic rings. The zero-order valence-corrected chi connectivity index (χ0v) is 20.7. The van der Waals surface area contributed by atoms with Crippen molar-refractivity contribution < 1.29 is 26.4 Å². The summed E-state index contributed by atoms with van der Waals surface area (Å²) in [5.41, 5.74) is 1.50. The minimum atomic E-state index is -4.28. The normalized spacial score (nSPS) is 15.1. The van der Waals surface area contributed by atoms with Crippen molar-refractivity contribution in [1.82, 2.24) is 14.9 Å². The number of halogens is 3. The van der Waals surface area contributed by atoms with E-state index >= 15 is 0 Å². The fourth-order valence-corrected chi connectivity index (χ4v) is 5.92. The van der Waals surface area contributed by atoms with E-state index in [1.165, 1.54) is 12.4 Å². The quantitative estimate of drug-likeness (QED) is 0.468. The highest BCUT2D eigenvalue weighted by molar-refractivity contribution is 7.90. The van der Waals surface area contributed by atoms with Gasteiger partial charge in [-0.25, -0.2) is 18.4 Å². The van der Waals surface area contributed by atoms with E-state index in [0.717, 1.165) is 16.9 Å². The SMILES string of the molecule is CCS(=O)(=O)Cc1ccc(CC(=O)N2CCN(c3ncnc4sc(CC(F)(F)F)cc34)CC2)cc1. The van der Waals surface area contributed by atoms with Crippen LogP contribution in [-0.2, 0) is 33.2 Å². The van der Waals surface area contributed by atoms with Gasteiger partial charge in [-0.15, -0.1) is 11.3 Å². The second-order valence-electron chi connectivity index (χ2n) is 8.46. The number of piperazine rings is 1. The first-order chi connectivity index (χ1) is 16.5. The van der Waals surface area contributed by atoms with Crippen LogP contribution in [0.15, 0.2) is 36.7 Å². The Morgan fingerprint density at radius 3 is 2.34 bits per heavy atom. The molecule has 1 amide bonds. The summed E-state index contributed by atoms with van der Waals surface area (Å²) < 4.78 is 62.0. The molecular formula is C23H25F3N4O3S2. The van der Waals surface area contributed by atoms with Gasteiger partial charge in [0.05, 0.1) is 24.0 Å². The molecular weight excluding hydrogens is 501 g/mol. The van der Waals surface area contributed by atoms with Crippen LogP contribution in [0.1, 0.15) is 22.9 Å². The highest BCUT2D eigenvalue weighted by Gasteiger charge is 2.30. The maximum absolute atomic E-state index is 12.8. The first-order valence-electron chi connectivity index (χ1n) is 11.1. The Morgan fingerprint density at radius 2 is 1.71 bits per heavy atom. The van der Waals surface area contributed by atoms with Gasteiger partial charge in [-0.2, -0.15) is 13.2 Å². The third-order valence-corrected chi connectivity index (χ3v) is 8.57. The number of sulfone groups is 1. The molecule has 4 rings (SSSR count). The number of carbonyl (C=O) groups excluding carboxylic acids is 1. The monoisotopic (exact) mass is 526 g/mol. The minimum absolute atomic E-state index is 0.0160. The number of hydrogen-bond acceptors (Lipinski definition) is 7. The lowest BCUT2D eigenvalue weighted by molar-refractivity contribution is -0.130. The van der Waals surface area contributed by atoms with Crippen molar-refractivity contribution in [3.05, 3.63) is 52.7 Å². The number of benzene rings is 1. The van der Waals surface area contributed by atoms with Crippen LogP contribution in [0.4, 0.5) is 19.0 Å². The topological polar surface area (TPSA) is 83.5 Å². The van der Waals surface area contributed by atoms with Gasteiger partial charge in [-0.05, 0) is 17.2 Å². The smallest absolute Gasteiger partial charge is 0.352 e. The molecule has 0 aliphatic carbocycles. The van der Waals surface area contributed by atoms with Gasteiger partial charge in [0, 0.05) is 36.8 Å². The largest absolute Gasteiger partial charge is 0.393 e. The van der Waals surface area contributed by atoms with Crippen molar-refractivity contribution in [2.24, 2.45) is 0 Å². The molecule has 188 valence electrons. The fourth-order valence-electron chi connectivity index (χ4n) is 3.99. The van der Waals surface area contributed by atoms with E-state index in [1.54, 1.807) is 36.1 Å². The summed E-state index contributed by atoms with van der Waals surface area (Å²) in [6, 6.07) is 8.54. The molecule has 1 saturated heterocycles. The van der Waals surface area contributed by atoms with Crippen LogP contribution < -0.4 is 4.90 Å². The molecule has 3 aromatic rings. The Bertz CT molecular complexity index is 1300. The van der Waals surface area contributed by atoms with Gasteiger partial charge in [0.2, 0.25) is 5.91 Å². The summed E-state index contributed by atoms with van der Waals surface area (Å²) in [5, 5.41) is 0.599. The Hall–Kier alpha value is -2.73. The van der Waals surface area contributed by atoms with Crippen molar-refractivity contribution in [2.45, 2.75) is 31.7 Å². The number of hydrogen-bond donors (Lipinski definition) is 0. The van der Waals surface area contributed by atoms with Gasteiger partial charge in [-0.1, -0.05) is 31.2 Å². The van der Waals surface area contributed by atoms with E-state index < -0.39 is 22.4 Å². The lowest BCUT2D eigenvalue weighted by Gasteiger charge is -2.35. The van der Waals surface area contributed by atoms with E-state index in [-0.39, 0.29) is 28.7 Å². The number of rotatable bonds is 7. The van der Waals surface area contributed by atoms with Crippen molar-refractivity contribution in [2.75, 3.05) is 36.8 Å². The average molecular weight is 527 g/mol. The third kappa shape index (κ3) is 6.49. The van der Waals surface area contributed by atoms with Crippen LogP contribution in [0.5, 0.6) is 0 Å². The Kier molecular flexibility index (Phi) is 7.32. The van der Waals surface area contributed by atoms with E-state index in [4.69, 9.17) is 0 Å². The van der Waals surface area contributed by atoms with E-state index in [0.29, 0.717) is 47.8 Å². The van der Waals surface area contributed by atoms with Gasteiger partial charge < -0.3 is 9.80 Å². The maximum Gasteiger partial charge on any atom is 0.393 e. The van der Waals surface area contributed by atoms with E-state index in [9.17, 15) is 26.4 Å². The summed E-state index contributed by atoms with van der Waals surface area (Å²) >= 11 is 1.02. The number of carbonyl (C=O) groups is 1. The molecule has 0 atom stereocenters. The third-order valence-electron chi connectivity index (χ3n) is 5.87. The molecule has 0 radical (unpaired) electrons. The molecule has 0 saturated carbocycles. The number of nitrogens with zero attached hydrogens (tertiary/aromatic N) is 4. The second kappa shape index (κ2) is 10.1. The molecule has 0 unspecified atom stereocenters. The number of fused-ring (bicyclic) bond motifs is 1. The molecule has 0 spiro atoms.